The Morgan fingerprint density at radius 3 is 2.75 bits per heavy atom. The third kappa shape index (κ3) is 4.92. The van der Waals surface area contributed by atoms with Crippen LogP contribution in [0.4, 0.5) is 0 Å². The van der Waals surface area contributed by atoms with Crippen molar-refractivity contribution in [1.82, 2.24) is 4.72 Å². The van der Waals surface area contributed by atoms with Crippen molar-refractivity contribution in [2.45, 2.75) is 31.2 Å². The van der Waals surface area contributed by atoms with E-state index in [2.05, 4.69) is 4.72 Å². The normalized spacial score (nSPS) is 12.9. The molecule has 0 unspecified atom stereocenters. The number of hydrogen-bond acceptors (Lipinski definition) is 5. The summed E-state index contributed by atoms with van der Waals surface area (Å²) in [6.45, 7) is 3.91. The van der Waals surface area contributed by atoms with E-state index in [1.54, 1.807) is 26.0 Å². The van der Waals surface area contributed by atoms with Crippen LogP contribution in [0.15, 0.2) is 29.2 Å². The van der Waals surface area contributed by atoms with Crippen LogP contribution in [0.5, 0.6) is 0 Å². The molecule has 0 fully saturated rings. The van der Waals surface area contributed by atoms with Gasteiger partial charge in [-0.05, 0) is 31.5 Å². The standard InChI is InChI=1S/C13H20N2O4S/c1-3-19-13(16)8-11-5-4-6-12(7-11)20(17,18)15-10(2)9-14/h4-7,10,15H,3,8-9,14H2,1-2H3/t10-/m1/s1. The number of hydrogen-bond donors (Lipinski definition) is 2. The molecule has 0 spiro atoms. The molecule has 0 saturated carbocycles. The van der Waals surface area contributed by atoms with Crippen molar-refractivity contribution in [3.8, 4) is 0 Å². The van der Waals surface area contributed by atoms with Crippen LogP contribution in [0.2, 0.25) is 0 Å². The zero-order valence-corrected chi connectivity index (χ0v) is 12.4. The van der Waals surface area contributed by atoms with Gasteiger partial charge in [-0.3, -0.25) is 4.79 Å². The molecule has 0 aliphatic carbocycles. The Morgan fingerprint density at radius 1 is 1.45 bits per heavy atom. The zero-order valence-electron chi connectivity index (χ0n) is 11.6. The molecule has 0 heterocycles. The molecule has 0 saturated heterocycles. The number of esters is 1. The van der Waals surface area contributed by atoms with Crippen LogP contribution in [-0.4, -0.2) is 33.6 Å². The molecular weight excluding hydrogens is 280 g/mol. The molecule has 6 nitrogen and oxygen atoms in total. The Kier molecular flexibility index (Phi) is 6.12. The fraction of sp³-hybridized carbons (Fsp3) is 0.462. The lowest BCUT2D eigenvalue weighted by molar-refractivity contribution is -0.142. The van der Waals surface area contributed by atoms with E-state index in [0.717, 1.165) is 0 Å². The third-order valence-electron chi connectivity index (χ3n) is 2.57. The first-order chi connectivity index (χ1) is 9.39. The SMILES string of the molecule is CCOC(=O)Cc1cccc(S(=O)(=O)N[C@H](C)CN)c1. The number of sulfonamides is 1. The summed E-state index contributed by atoms with van der Waals surface area (Å²) >= 11 is 0. The number of nitrogens with one attached hydrogen (secondary N) is 1. The van der Waals surface area contributed by atoms with Crippen LogP contribution in [0.1, 0.15) is 19.4 Å². The Balaban J connectivity index is 2.89. The average molecular weight is 300 g/mol. The van der Waals surface area contributed by atoms with Gasteiger partial charge in [-0.2, -0.15) is 0 Å². The number of carbonyl (C=O) groups excluding carboxylic acids is 1. The van der Waals surface area contributed by atoms with Gasteiger partial charge < -0.3 is 10.5 Å². The largest absolute Gasteiger partial charge is 0.466 e. The summed E-state index contributed by atoms with van der Waals surface area (Å²) in [6, 6.07) is 5.86. The molecule has 0 amide bonds. The van der Waals surface area contributed by atoms with Crippen LogP contribution in [-0.2, 0) is 26.0 Å². The Bertz CT molecular complexity index is 557. The second kappa shape index (κ2) is 7.37. The molecule has 7 heteroatoms. The third-order valence-corrected chi connectivity index (χ3v) is 4.16. The molecule has 20 heavy (non-hydrogen) atoms. The van der Waals surface area contributed by atoms with Crippen molar-refractivity contribution < 1.29 is 17.9 Å². The highest BCUT2D eigenvalue weighted by molar-refractivity contribution is 7.89. The Labute approximate surface area is 119 Å². The number of benzene rings is 1. The van der Waals surface area contributed by atoms with E-state index >= 15 is 0 Å². The van der Waals surface area contributed by atoms with E-state index in [9.17, 15) is 13.2 Å². The van der Waals surface area contributed by atoms with Gasteiger partial charge >= 0.3 is 5.97 Å². The highest BCUT2D eigenvalue weighted by Gasteiger charge is 2.17. The Hall–Kier alpha value is -1.44. The molecule has 1 aromatic rings. The predicted octanol–water partition coefficient (Wildman–Crippen LogP) is 0.418. The maximum atomic E-state index is 12.1. The predicted molar refractivity (Wildman–Crippen MR) is 75.6 cm³/mol. The minimum atomic E-state index is -3.62. The molecule has 0 aliphatic heterocycles. The van der Waals surface area contributed by atoms with Gasteiger partial charge in [-0.1, -0.05) is 12.1 Å². The number of ether oxygens (including phenoxy) is 1. The first kappa shape index (κ1) is 16.6. The molecule has 112 valence electrons. The van der Waals surface area contributed by atoms with Crippen molar-refractivity contribution in [3.05, 3.63) is 29.8 Å². The summed E-state index contributed by atoms with van der Waals surface area (Å²) in [7, 11) is -3.62. The Morgan fingerprint density at radius 2 is 2.15 bits per heavy atom. The van der Waals surface area contributed by atoms with Gasteiger partial charge in [0, 0.05) is 12.6 Å². The van der Waals surface area contributed by atoms with Crippen LogP contribution < -0.4 is 10.5 Å². The van der Waals surface area contributed by atoms with Crippen LogP contribution >= 0.6 is 0 Å². The summed E-state index contributed by atoms with van der Waals surface area (Å²) in [4.78, 5) is 11.5. The molecule has 0 aliphatic rings. The second-order valence-electron chi connectivity index (χ2n) is 4.39. The maximum Gasteiger partial charge on any atom is 0.310 e. The van der Waals surface area contributed by atoms with E-state index in [1.807, 2.05) is 0 Å². The molecule has 1 atom stereocenters. The van der Waals surface area contributed by atoms with E-state index < -0.39 is 10.0 Å². The van der Waals surface area contributed by atoms with E-state index in [-0.39, 0.29) is 29.9 Å². The topological polar surface area (TPSA) is 98.5 Å². The van der Waals surface area contributed by atoms with Crippen molar-refractivity contribution in [3.63, 3.8) is 0 Å². The van der Waals surface area contributed by atoms with Gasteiger partial charge in [0.2, 0.25) is 10.0 Å². The lowest BCUT2D eigenvalue weighted by atomic mass is 10.1. The zero-order chi connectivity index (χ0) is 15.2. The molecule has 0 aromatic heterocycles. The maximum absolute atomic E-state index is 12.1. The molecule has 1 rings (SSSR count). The summed E-state index contributed by atoms with van der Waals surface area (Å²) in [6.07, 6.45) is 0.0453. The first-order valence-electron chi connectivity index (χ1n) is 6.36. The highest BCUT2D eigenvalue weighted by Crippen LogP contribution is 2.13. The van der Waals surface area contributed by atoms with E-state index in [4.69, 9.17) is 10.5 Å². The molecular formula is C13H20N2O4S. The highest BCUT2D eigenvalue weighted by atomic mass is 32.2. The fourth-order valence-corrected chi connectivity index (χ4v) is 2.91. The van der Waals surface area contributed by atoms with Crippen molar-refractivity contribution in [2.24, 2.45) is 5.73 Å². The van der Waals surface area contributed by atoms with Gasteiger partial charge in [0.05, 0.1) is 17.9 Å². The number of nitrogens with two attached hydrogens (primary N) is 1. The van der Waals surface area contributed by atoms with Gasteiger partial charge in [0.1, 0.15) is 0 Å². The van der Waals surface area contributed by atoms with E-state index in [1.165, 1.54) is 12.1 Å². The minimum Gasteiger partial charge on any atom is -0.466 e. The minimum absolute atomic E-state index is 0.0453. The summed E-state index contributed by atoms with van der Waals surface area (Å²) in [5, 5.41) is 0. The van der Waals surface area contributed by atoms with Gasteiger partial charge in [0.15, 0.2) is 0 Å². The van der Waals surface area contributed by atoms with Crippen molar-refractivity contribution in [2.75, 3.05) is 13.2 Å². The monoisotopic (exact) mass is 300 g/mol. The summed E-state index contributed by atoms with van der Waals surface area (Å²) < 4.78 is 31.5. The lowest BCUT2D eigenvalue weighted by Gasteiger charge is -2.12. The van der Waals surface area contributed by atoms with Gasteiger partial charge in [0.25, 0.3) is 0 Å². The lowest BCUT2D eigenvalue weighted by Crippen LogP contribution is -2.37. The summed E-state index contributed by atoms with van der Waals surface area (Å²) in [5.41, 5.74) is 5.99. The first-order valence-corrected chi connectivity index (χ1v) is 7.84. The van der Waals surface area contributed by atoms with E-state index in [0.29, 0.717) is 12.2 Å². The van der Waals surface area contributed by atoms with Crippen molar-refractivity contribution >= 4 is 16.0 Å². The summed E-state index contributed by atoms with van der Waals surface area (Å²) in [5.74, 6) is -0.384. The fourth-order valence-electron chi connectivity index (χ4n) is 1.58. The van der Waals surface area contributed by atoms with Crippen LogP contribution in [0.3, 0.4) is 0 Å². The van der Waals surface area contributed by atoms with Crippen molar-refractivity contribution in [1.29, 1.82) is 0 Å². The van der Waals surface area contributed by atoms with Gasteiger partial charge in [-0.15, -0.1) is 0 Å². The molecule has 0 bridgehead atoms. The second-order valence-corrected chi connectivity index (χ2v) is 6.10. The van der Waals surface area contributed by atoms with Crippen LogP contribution in [0.25, 0.3) is 0 Å². The van der Waals surface area contributed by atoms with Gasteiger partial charge in [-0.25, -0.2) is 13.1 Å². The van der Waals surface area contributed by atoms with Crippen LogP contribution in [0, 0.1) is 0 Å². The number of rotatable bonds is 7. The number of carbonyl (C=O) groups is 1. The molecule has 3 N–H and O–H groups in total. The quantitative estimate of drug-likeness (QED) is 0.711. The smallest absolute Gasteiger partial charge is 0.310 e. The molecule has 0 radical (unpaired) electrons. The molecule has 1 aromatic carbocycles. The average Bonchev–Trinajstić information content (AvgIpc) is 2.38.